The summed E-state index contributed by atoms with van der Waals surface area (Å²) in [6.07, 6.45) is 3.33. The van der Waals surface area contributed by atoms with Crippen molar-refractivity contribution in [2.24, 2.45) is 0 Å². The molecular formula is C49H43N3O5. The Bertz CT molecular complexity index is 2490. The summed E-state index contributed by atoms with van der Waals surface area (Å²) >= 11 is 0. The van der Waals surface area contributed by atoms with Gasteiger partial charge >= 0.3 is 6.03 Å². The van der Waals surface area contributed by atoms with E-state index in [4.69, 9.17) is 9.47 Å². The molecule has 0 aliphatic carbocycles. The molecule has 1 saturated heterocycles. The molecule has 57 heavy (non-hydrogen) atoms. The van der Waals surface area contributed by atoms with Crippen LogP contribution in [0.25, 0.3) is 16.8 Å². The lowest BCUT2D eigenvalue weighted by molar-refractivity contribution is -0.122. The normalized spacial score (nSPS) is 18.4. The summed E-state index contributed by atoms with van der Waals surface area (Å²) in [6.45, 7) is 6.52. The molecule has 6 aromatic rings. The number of urea groups is 1. The van der Waals surface area contributed by atoms with E-state index in [1.165, 1.54) is 22.9 Å². The summed E-state index contributed by atoms with van der Waals surface area (Å²) in [5.41, 5.74) is 8.79. The van der Waals surface area contributed by atoms with Gasteiger partial charge in [0.2, 0.25) is 0 Å². The molecule has 1 fully saturated rings. The van der Waals surface area contributed by atoms with Crippen LogP contribution in [-0.4, -0.2) is 37.5 Å². The maximum absolute atomic E-state index is 14.5. The third-order valence-corrected chi connectivity index (χ3v) is 11.6. The summed E-state index contributed by atoms with van der Waals surface area (Å²) in [5.74, 6) is -0.253. The molecule has 9 rings (SSSR count). The van der Waals surface area contributed by atoms with Gasteiger partial charge in [-0.05, 0) is 101 Å². The van der Waals surface area contributed by atoms with Crippen molar-refractivity contribution < 1.29 is 23.9 Å². The number of carbonyl (C=O) groups is 3. The molecule has 3 aliphatic rings. The van der Waals surface area contributed by atoms with E-state index in [-0.39, 0.29) is 17.4 Å². The smallest absolute Gasteiger partial charge is 0.335 e. The van der Waals surface area contributed by atoms with E-state index in [2.05, 4.69) is 89.9 Å². The molecule has 1 N–H and O–H groups in total. The van der Waals surface area contributed by atoms with Gasteiger partial charge in [-0.25, -0.2) is 9.69 Å². The van der Waals surface area contributed by atoms with Crippen molar-refractivity contribution in [2.75, 3.05) is 29.5 Å². The Morgan fingerprint density at radius 1 is 0.719 bits per heavy atom. The minimum Gasteiger partial charge on any atom is -0.490 e. The zero-order valence-electron chi connectivity index (χ0n) is 32.0. The van der Waals surface area contributed by atoms with Gasteiger partial charge in [0, 0.05) is 36.2 Å². The van der Waals surface area contributed by atoms with Crippen LogP contribution in [0.5, 0.6) is 11.5 Å². The fourth-order valence-electron chi connectivity index (χ4n) is 8.82. The second kappa shape index (κ2) is 15.1. The summed E-state index contributed by atoms with van der Waals surface area (Å²) in [5, 5.41) is 4.73. The Kier molecular flexibility index (Phi) is 9.54. The number of barbiturate groups is 1. The van der Waals surface area contributed by atoms with Crippen LogP contribution in [0.2, 0.25) is 0 Å². The van der Waals surface area contributed by atoms with Crippen LogP contribution in [-0.2, 0) is 16.2 Å². The molecule has 0 saturated carbocycles. The largest absolute Gasteiger partial charge is 0.490 e. The van der Waals surface area contributed by atoms with E-state index >= 15 is 0 Å². The Hall–Kier alpha value is -6.67. The number of nitrogens with zero attached hydrogens (tertiary/aromatic N) is 2. The molecule has 6 aromatic carbocycles. The second-order valence-electron chi connectivity index (χ2n) is 14.9. The van der Waals surface area contributed by atoms with Gasteiger partial charge < -0.3 is 14.4 Å². The predicted octanol–water partition coefficient (Wildman–Crippen LogP) is 9.67. The first-order valence-corrected chi connectivity index (χ1v) is 19.7. The molecule has 284 valence electrons. The number of carbonyl (C=O) groups excluding carboxylic acids is 3. The Labute approximate surface area is 332 Å². The minimum atomic E-state index is -0.771. The van der Waals surface area contributed by atoms with E-state index in [1.807, 2.05) is 43.3 Å². The summed E-state index contributed by atoms with van der Waals surface area (Å²) < 4.78 is 12.4. The number of hydrogen-bond donors (Lipinski definition) is 1. The van der Waals surface area contributed by atoms with Crippen LogP contribution >= 0.6 is 0 Å². The van der Waals surface area contributed by atoms with Crippen LogP contribution < -0.4 is 24.6 Å². The van der Waals surface area contributed by atoms with Crippen molar-refractivity contribution in [2.45, 2.75) is 45.1 Å². The minimum absolute atomic E-state index is 0.0764. The molecular weight excluding hydrogens is 711 g/mol. The number of ether oxygens (including phenoxy) is 2. The number of fused-ring (bicyclic) bond motifs is 1. The van der Waals surface area contributed by atoms with Gasteiger partial charge in [-0.2, -0.15) is 0 Å². The highest BCUT2D eigenvalue weighted by atomic mass is 16.5. The number of benzene rings is 6. The third kappa shape index (κ3) is 6.71. The van der Waals surface area contributed by atoms with Crippen molar-refractivity contribution in [3.8, 4) is 11.5 Å². The third-order valence-electron chi connectivity index (χ3n) is 11.6. The summed E-state index contributed by atoms with van der Waals surface area (Å²) in [7, 11) is 0. The van der Waals surface area contributed by atoms with E-state index in [1.54, 1.807) is 18.2 Å². The van der Waals surface area contributed by atoms with Crippen LogP contribution in [0, 0.1) is 6.92 Å². The number of rotatable bonds is 9. The van der Waals surface area contributed by atoms with Gasteiger partial charge in [-0.3, -0.25) is 14.9 Å². The number of imide groups is 2. The van der Waals surface area contributed by atoms with Gasteiger partial charge in [0.25, 0.3) is 11.8 Å². The van der Waals surface area contributed by atoms with E-state index in [9.17, 15) is 14.4 Å². The van der Waals surface area contributed by atoms with Crippen molar-refractivity contribution in [3.05, 3.63) is 172 Å². The first-order chi connectivity index (χ1) is 27.9. The van der Waals surface area contributed by atoms with Gasteiger partial charge in [0.05, 0.1) is 12.3 Å². The lowest BCUT2D eigenvalue weighted by atomic mass is 9.76. The molecule has 8 heteroatoms. The van der Waals surface area contributed by atoms with E-state index in [0.29, 0.717) is 36.0 Å². The lowest BCUT2D eigenvalue weighted by Gasteiger charge is -2.44. The maximum Gasteiger partial charge on any atom is 0.335 e. The van der Waals surface area contributed by atoms with Gasteiger partial charge in [-0.1, -0.05) is 103 Å². The SMILES string of the molecule is CCOc1cc(/C=C2\C(=O)NC(=O)N(c3cc4c5c(c3)[C@H](c3ccccc3)CCN5CC[C@@H]4c3ccccc3)C2=O)ccc1OCc1c(C)ccc2ccccc12. The number of aryl methyl sites for hydroxylation is 1. The topological polar surface area (TPSA) is 88.2 Å². The number of amides is 4. The fourth-order valence-corrected chi connectivity index (χ4v) is 8.82. The van der Waals surface area contributed by atoms with Crippen molar-refractivity contribution >= 4 is 46.1 Å². The molecule has 3 aliphatic heterocycles. The zero-order chi connectivity index (χ0) is 39.0. The molecule has 0 aromatic heterocycles. The van der Waals surface area contributed by atoms with Gasteiger partial charge in [-0.15, -0.1) is 0 Å². The first-order valence-electron chi connectivity index (χ1n) is 19.7. The average molecular weight is 754 g/mol. The van der Waals surface area contributed by atoms with Crippen molar-refractivity contribution in [1.29, 1.82) is 0 Å². The quantitative estimate of drug-likeness (QED) is 0.117. The van der Waals surface area contributed by atoms with Gasteiger partial charge in [0.15, 0.2) is 11.5 Å². The summed E-state index contributed by atoms with van der Waals surface area (Å²) in [6, 6.07) is 41.8. The van der Waals surface area contributed by atoms with Crippen molar-refractivity contribution in [1.82, 2.24) is 5.32 Å². The molecule has 8 nitrogen and oxygen atoms in total. The molecule has 0 spiro atoms. The number of hydrogen-bond acceptors (Lipinski definition) is 6. The highest BCUT2D eigenvalue weighted by Gasteiger charge is 2.40. The van der Waals surface area contributed by atoms with Crippen LogP contribution in [0.15, 0.2) is 133 Å². The first kappa shape index (κ1) is 36.0. The molecule has 2 atom stereocenters. The lowest BCUT2D eigenvalue weighted by Crippen LogP contribution is -2.54. The number of anilines is 2. The van der Waals surface area contributed by atoms with Gasteiger partial charge in [0.1, 0.15) is 12.2 Å². The van der Waals surface area contributed by atoms with Crippen molar-refractivity contribution in [3.63, 3.8) is 0 Å². The average Bonchev–Trinajstić information content (AvgIpc) is 3.23. The van der Waals surface area contributed by atoms with E-state index < -0.39 is 17.8 Å². The Morgan fingerprint density at radius 3 is 2.04 bits per heavy atom. The second-order valence-corrected chi connectivity index (χ2v) is 14.9. The highest BCUT2D eigenvalue weighted by Crippen LogP contribution is 2.50. The predicted molar refractivity (Wildman–Crippen MR) is 224 cm³/mol. The number of nitrogens with one attached hydrogen (secondary N) is 1. The highest BCUT2D eigenvalue weighted by molar-refractivity contribution is 6.39. The molecule has 0 unspecified atom stereocenters. The monoisotopic (exact) mass is 753 g/mol. The van der Waals surface area contributed by atoms with Crippen LogP contribution in [0.3, 0.4) is 0 Å². The standard InChI is InChI=1S/C49H43N3O5/c1-3-56-45-27-32(19-21-44(45)57-30-43-31(2)18-20-35-16-10-11-17-37(35)43)26-42-47(53)50-49(55)52(48(42)54)36-28-40-38(33-12-6-4-7-13-33)22-24-51-25-23-39(41(29-36)46(40)51)34-14-8-5-9-15-34/h4-21,26-29,38-39H,3,22-25,30H2,1-2H3,(H,50,53,55)/b42-26+/t38-,39+. The molecule has 4 amide bonds. The molecule has 0 radical (unpaired) electrons. The maximum atomic E-state index is 14.5. The van der Waals surface area contributed by atoms with Crippen LogP contribution in [0.1, 0.15) is 70.5 Å². The molecule has 3 heterocycles. The van der Waals surface area contributed by atoms with Crippen LogP contribution in [0.4, 0.5) is 16.2 Å². The summed E-state index contributed by atoms with van der Waals surface area (Å²) in [4.78, 5) is 45.2. The Morgan fingerprint density at radius 2 is 1.37 bits per heavy atom. The Balaban J connectivity index is 1.08. The van der Waals surface area contributed by atoms with E-state index in [0.717, 1.165) is 63.9 Å². The molecule has 0 bridgehead atoms. The fraction of sp³-hybridized carbons (Fsp3) is 0.204. The zero-order valence-corrected chi connectivity index (χ0v) is 32.0.